The summed E-state index contributed by atoms with van der Waals surface area (Å²) < 4.78 is 5.34. The van der Waals surface area contributed by atoms with Gasteiger partial charge in [-0.1, -0.05) is 11.6 Å². The number of methoxy groups -OCH3 is 1. The molecule has 0 aromatic carbocycles. The molecule has 0 radical (unpaired) electrons. The lowest BCUT2D eigenvalue weighted by atomic mass is 10.2. The topological polar surface area (TPSA) is 39.2 Å². The summed E-state index contributed by atoms with van der Waals surface area (Å²) in [5, 5.41) is 2.91. The largest absolute Gasteiger partial charge is 0.469 e. The number of esters is 1. The van der Waals surface area contributed by atoms with Crippen molar-refractivity contribution >= 4 is 40.2 Å². The molecule has 3 nitrogen and oxygen atoms in total. The number of rotatable bonds is 4. The monoisotopic (exact) mass is 287 g/mol. The molecule has 0 spiro atoms. The van der Waals surface area contributed by atoms with Gasteiger partial charge < -0.3 is 4.74 Å². The van der Waals surface area contributed by atoms with Crippen LogP contribution in [-0.2, 0) is 16.0 Å². The van der Waals surface area contributed by atoms with Gasteiger partial charge in [0.2, 0.25) is 0 Å². The molecule has 2 aromatic rings. The van der Waals surface area contributed by atoms with E-state index in [-0.39, 0.29) is 5.97 Å². The van der Waals surface area contributed by atoms with Crippen molar-refractivity contribution in [3.05, 3.63) is 27.5 Å². The lowest BCUT2D eigenvalue weighted by Crippen LogP contribution is -2.01. The van der Waals surface area contributed by atoms with Crippen molar-refractivity contribution in [2.24, 2.45) is 0 Å². The van der Waals surface area contributed by atoms with E-state index in [0.29, 0.717) is 12.8 Å². The Bertz CT molecular complexity index is 521. The Labute approximate surface area is 112 Å². The summed E-state index contributed by atoms with van der Waals surface area (Å²) >= 11 is 8.94. The van der Waals surface area contributed by atoms with Gasteiger partial charge in [-0.2, -0.15) is 0 Å². The maximum atomic E-state index is 11.0. The van der Waals surface area contributed by atoms with E-state index in [0.717, 1.165) is 19.9 Å². The second-order valence-corrected chi connectivity index (χ2v) is 5.90. The number of thiophene rings is 1. The highest BCUT2D eigenvalue weighted by Crippen LogP contribution is 2.33. The molecule has 0 bridgehead atoms. The van der Waals surface area contributed by atoms with E-state index in [1.807, 2.05) is 17.5 Å². The third-order valence-corrected chi connectivity index (χ3v) is 4.44. The summed E-state index contributed by atoms with van der Waals surface area (Å²) in [6, 6.07) is 3.81. The molecule has 0 atom stereocenters. The first kappa shape index (κ1) is 12.5. The lowest BCUT2D eigenvalue weighted by Gasteiger charge is -1.95. The van der Waals surface area contributed by atoms with E-state index in [2.05, 4.69) is 9.72 Å². The molecule has 17 heavy (non-hydrogen) atoms. The summed E-state index contributed by atoms with van der Waals surface area (Å²) in [7, 11) is 1.39. The summed E-state index contributed by atoms with van der Waals surface area (Å²) in [6.07, 6.45) is 0.979. The van der Waals surface area contributed by atoms with E-state index >= 15 is 0 Å². The summed E-state index contributed by atoms with van der Waals surface area (Å²) in [5.41, 5.74) is 0.917. The van der Waals surface area contributed by atoms with Gasteiger partial charge in [0.15, 0.2) is 0 Å². The fourth-order valence-electron chi connectivity index (χ4n) is 1.30. The van der Waals surface area contributed by atoms with Gasteiger partial charge in [0.1, 0.15) is 5.01 Å². The maximum Gasteiger partial charge on any atom is 0.305 e. The van der Waals surface area contributed by atoms with Crippen LogP contribution in [0, 0.1) is 0 Å². The molecule has 2 rings (SSSR count). The third kappa shape index (κ3) is 3.28. The van der Waals surface area contributed by atoms with Crippen LogP contribution < -0.4 is 0 Å². The minimum Gasteiger partial charge on any atom is -0.469 e. The van der Waals surface area contributed by atoms with Gasteiger partial charge in [-0.05, 0) is 12.1 Å². The highest BCUT2D eigenvalue weighted by Gasteiger charge is 2.08. The molecular weight excluding hydrogens is 278 g/mol. The van der Waals surface area contributed by atoms with Crippen LogP contribution in [0.3, 0.4) is 0 Å². The minimum absolute atomic E-state index is 0.210. The molecule has 0 unspecified atom stereocenters. The fraction of sp³-hybridized carbons (Fsp3) is 0.273. The predicted octanol–water partition coefficient (Wildman–Crippen LogP) is 3.63. The quantitative estimate of drug-likeness (QED) is 0.806. The number of carbonyl (C=O) groups is 1. The molecule has 0 aliphatic rings. The first-order chi connectivity index (χ1) is 8.19. The molecule has 0 N–H and O–H groups in total. The summed E-state index contributed by atoms with van der Waals surface area (Å²) in [5.74, 6) is -0.210. The molecule has 0 saturated carbocycles. The van der Waals surface area contributed by atoms with Crippen LogP contribution in [-0.4, -0.2) is 18.1 Å². The molecule has 0 aliphatic carbocycles. The highest BCUT2D eigenvalue weighted by molar-refractivity contribution is 7.23. The molecule has 90 valence electrons. The van der Waals surface area contributed by atoms with E-state index < -0.39 is 0 Å². The zero-order chi connectivity index (χ0) is 12.3. The van der Waals surface area contributed by atoms with Crippen LogP contribution in [0.2, 0.25) is 4.34 Å². The summed E-state index contributed by atoms with van der Waals surface area (Å²) in [6.45, 7) is 0. The molecule has 6 heteroatoms. The predicted molar refractivity (Wildman–Crippen MR) is 70.8 cm³/mol. The minimum atomic E-state index is -0.210. The van der Waals surface area contributed by atoms with Crippen molar-refractivity contribution in [3.8, 4) is 9.88 Å². The summed E-state index contributed by atoms with van der Waals surface area (Å²) in [4.78, 5) is 16.5. The van der Waals surface area contributed by atoms with Crippen LogP contribution in [0.1, 0.15) is 12.1 Å². The number of ether oxygens (including phenoxy) is 1. The van der Waals surface area contributed by atoms with Crippen molar-refractivity contribution in [1.29, 1.82) is 0 Å². The SMILES string of the molecule is COC(=O)CCc1csc(-c2ccc(Cl)s2)n1. The van der Waals surface area contributed by atoms with Gasteiger partial charge in [-0.3, -0.25) is 4.79 Å². The van der Waals surface area contributed by atoms with Crippen LogP contribution in [0.4, 0.5) is 0 Å². The molecule has 0 amide bonds. The van der Waals surface area contributed by atoms with Gasteiger partial charge in [-0.25, -0.2) is 4.98 Å². The van der Waals surface area contributed by atoms with Crippen molar-refractivity contribution in [2.45, 2.75) is 12.8 Å². The Morgan fingerprint density at radius 3 is 3.00 bits per heavy atom. The zero-order valence-corrected chi connectivity index (χ0v) is 11.5. The first-order valence-corrected chi connectivity index (χ1v) is 7.03. The average Bonchev–Trinajstić information content (AvgIpc) is 2.94. The highest BCUT2D eigenvalue weighted by atomic mass is 35.5. The van der Waals surface area contributed by atoms with Crippen molar-refractivity contribution in [2.75, 3.05) is 7.11 Å². The number of thiazole rings is 1. The number of hydrogen-bond donors (Lipinski definition) is 0. The van der Waals surface area contributed by atoms with Crippen LogP contribution in [0.15, 0.2) is 17.5 Å². The van der Waals surface area contributed by atoms with Crippen molar-refractivity contribution in [1.82, 2.24) is 4.98 Å². The van der Waals surface area contributed by atoms with Crippen LogP contribution in [0.5, 0.6) is 0 Å². The molecular formula is C11H10ClNO2S2. The van der Waals surface area contributed by atoms with Gasteiger partial charge in [0.25, 0.3) is 0 Å². The number of halogens is 1. The van der Waals surface area contributed by atoms with Gasteiger partial charge in [-0.15, -0.1) is 22.7 Å². The number of nitrogens with zero attached hydrogens (tertiary/aromatic N) is 1. The van der Waals surface area contributed by atoms with E-state index in [9.17, 15) is 4.79 Å². The number of aryl methyl sites for hydroxylation is 1. The second-order valence-electron chi connectivity index (χ2n) is 3.32. The Balaban J connectivity index is 2.03. The lowest BCUT2D eigenvalue weighted by molar-refractivity contribution is -0.140. The second kappa shape index (κ2) is 5.62. The molecule has 2 aromatic heterocycles. The number of aromatic nitrogens is 1. The number of hydrogen-bond acceptors (Lipinski definition) is 5. The first-order valence-electron chi connectivity index (χ1n) is 4.96. The average molecular weight is 288 g/mol. The molecule has 0 fully saturated rings. The van der Waals surface area contributed by atoms with Crippen molar-refractivity contribution < 1.29 is 9.53 Å². The van der Waals surface area contributed by atoms with E-state index in [4.69, 9.17) is 11.6 Å². The molecule has 2 heterocycles. The van der Waals surface area contributed by atoms with Crippen molar-refractivity contribution in [3.63, 3.8) is 0 Å². The Kier molecular flexibility index (Phi) is 4.15. The maximum absolute atomic E-state index is 11.0. The van der Waals surface area contributed by atoms with E-state index in [1.54, 1.807) is 11.3 Å². The van der Waals surface area contributed by atoms with Gasteiger partial charge in [0.05, 0.1) is 28.4 Å². The third-order valence-electron chi connectivity index (χ3n) is 2.15. The Morgan fingerprint density at radius 1 is 1.53 bits per heavy atom. The van der Waals surface area contributed by atoms with Crippen LogP contribution in [0.25, 0.3) is 9.88 Å². The Morgan fingerprint density at radius 2 is 2.35 bits per heavy atom. The zero-order valence-electron chi connectivity index (χ0n) is 9.10. The van der Waals surface area contributed by atoms with Gasteiger partial charge in [0, 0.05) is 11.8 Å². The normalized spacial score (nSPS) is 10.5. The van der Waals surface area contributed by atoms with E-state index in [1.165, 1.54) is 18.4 Å². The Hall–Kier alpha value is -0.910. The number of carbonyl (C=O) groups excluding carboxylic acids is 1. The smallest absolute Gasteiger partial charge is 0.305 e. The fourth-order valence-corrected chi connectivity index (χ4v) is 3.27. The standard InChI is InChI=1S/C11H10ClNO2S2/c1-15-10(14)5-2-7-6-16-11(13-7)8-3-4-9(12)17-8/h3-4,6H,2,5H2,1H3. The molecule has 0 saturated heterocycles. The molecule has 0 aliphatic heterocycles. The van der Waals surface area contributed by atoms with Crippen LogP contribution >= 0.6 is 34.3 Å². The van der Waals surface area contributed by atoms with Gasteiger partial charge >= 0.3 is 5.97 Å².